The summed E-state index contributed by atoms with van der Waals surface area (Å²) < 4.78 is 0. The summed E-state index contributed by atoms with van der Waals surface area (Å²) in [4.78, 5) is 9.89. The highest BCUT2D eigenvalue weighted by molar-refractivity contribution is 5.83. The summed E-state index contributed by atoms with van der Waals surface area (Å²) in [6.45, 7) is 1.91. The lowest BCUT2D eigenvalue weighted by Crippen LogP contribution is -1.98. The first kappa shape index (κ1) is 8.01. The number of carboxylic acids is 1. The van der Waals surface area contributed by atoms with E-state index in [0.717, 1.165) is 6.42 Å². The lowest BCUT2D eigenvalue weighted by molar-refractivity contribution is -0.135. The topological polar surface area (TPSA) is 57.5 Å². The Morgan fingerprint density at radius 1 is 1.56 bits per heavy atom. The first-order valence-electron chi connectivity index (χ1n) is 2.81. The molecule has 0 amide bonds. The smallest absolute Gasteiger partial charge is 0.370 e. The minimum Gasteiger partial charge on any atom is -0.502 e. The quantitative estimate of drug-likeness (QED) is 0.447. The normalized spacial score (nSPS) is 11.4. The average molecular weight is 130 g/mol. The van der Waals surface area contributed by atoms with E-state index in [-0.39, 0.29) is 0 Å². The standard InChI is InChI=1S/C6H10O3/c1-2-3-4-5(7)6(8)9/h4,7H,2-3H2,1H3,(H,8,9). The van der Waals surface area contributed by atoms with Crippen LogP contribution in [-0.2, 0) is 4.79 Å². The van der Waals surface area contributed by atoms with Crippen LogP contribution in [-0.4, -0.2) is 16.2 Å². The lowest BCUT2D eigenvalue weighted by Gasteiger charge is -1.88. The fourth-order valence-corrected chi connectivity index (χ4v) is 0.368. The molecule has 0 saturated heterocycles. The molecule has 0 fully saturated rings. The number of rotatable bonds is 3. The second-order valence-corrected chi connectivity index (χ2v) is 1.68. The Hall–Kier alpha value is -0.990. The van der Waals surface area contributed by atoms with Crippen LogP contribution in [0.2, 0.25) is 0 Å². The Bertz CT molecular complexity index is 126. The summed E-state index contributed by atoms with van der Waals surface area (Å²) in [5, 5.41) is 16.6. The van der Waals surface area contributed by atoms with Crippen LogP contribution in [0, 0.1) is 0 Å². The number of aliphatic hydroxyl groups is 1. The van der Waals surface area contributed by atoms with Crippen molar-refractivity contribution in [1.29, 1.82) is 0 Å². The number of aliphatic hydroxyl groups excluding tert-OH is 1. The van der Waals surface area contributed by atoms with Gasteiger partial charge in [0.2, 0.25) is 0 Å². The molecule has 0 spiro atoms. The summed E-state index contributed by atoms with van der Waals surface area (Å²) in [6, 6.07) is 0. The average Bonchev–Trinajstić information content (AvgIpc) is 1.82. The third-order valence-electron chi connectivity index (χ3n) is 0.845. The van der Waals surface area contributed by atoms with E-state index in [1.54, 1.807) is 0 Å². The van der Waals surface area contributed by atoms with Gasteiger partial charge in [-0.05, 0) is 12.5 Å². The van der Waals surface area contributed by atoms with Crippen LogP contribution < -0.4 is 0 Å². The Balaban J connectivity index is 3.69. The maximum Gasteiger partial charge on any atom is 0.370 e. The predicted molar refractivity (Wildman–Crippen MR) is 33.3 cm³/mol. The number of unbranched alkanes of at least 4 members (excludes halogenated alkanes) is 1. The molecular formula is C6H10O3. The van der Waals surface area contributed by atoms with E-state index >= 15 is 0 Å². The number of hydrogen-bond acceptors (Lipinski definition) is 2. The molecule has 3 heteroatoms. The molecule has 0 bridgehead atoms. The lowest BCUT2D eigenvalue weighted by atomic mass is 10.3. The third kappa shape index (κ3) is 3.58. The van der Waals surface area contributed by atoms with Crippen molar-refractivity contribution in [1.82, 2.24) is 0 Å². The highest BCUT2D eigenvalue weighted by Crippen LogP contribution is 1.94. The van der Waals surface area contributed by atoms with E-state index in [4.69, 9.17) is 10.2 Å². The van der Waals surface area contributed by atoms with Gasteiger partial charge in [-0.3, -0.25) is 0 Å². The number of carbonyl (C=O) groups is 1. The maximum atomic E-state index is 9.89. The zero-order valence-corrected chi connectivity index (χ0v) is 5.29. The van der Waals surface area contributed by atoms with Crippen molar-refractivity contribution in [2.75, 3.05) is 0 Å². The van der Waals surface area contributed by atoms with Crippen molar-refractivity contribution < 1.29 is 15.0 Å². The van der Waals surface area contributed by atoms with Crippen LogP contribution in [0.25, 0.3) is 0 Å². The molecule has 0 unspecified atom stereocenters. The summed E-state index contributed by atoms with van der Waals surface area (Å²) in [7, 11) is 0. The van der Waals surface area contributed by atoms with E-state index in [1.807, 2.05) is 6.92 Å². The number of allylic oxidation sites excluding steroid dienone is 1. The Kier molecular flexibility index (Phi) is 3.51. The monoisotopic (exact) mass is 130 g/mol. The molecular weight excluding hydrogens is 120 g/mol. The van der Waals surface area contributed by atoms with E-state index in [9.17, 15) is 4.79 Å². The Morgan fingerprint density at radius 3 is 2.44 bits per heavy atom. The molecule has 0 aromatic carbocycles. The van der Waals surface area contributed by atoms with Crippen molar-refractivity contribution in [2.24, 2.45) is 0 Å². The van der Waals surface area contributed by atoms with E-state index in [2.05, 4.69) is 0 Å². The summed E-state index contributed by atoms with van der Waals surface area (Å²) >= 11 is 0. The maximum absolute atomic E-state index is 9.89. The van der Waals surface area contributed by atoms with Gasteiger partial charge >= 0.3 is 5.97 Å². The van der Waals surface area contributed by atoms with E-state index in [0.29, 0.717) is 6.42 Å². The number of hydrogen-bond donors (Lipinski definition) is 2. The van der Waals surface area contributed by atoms with Crippen LogP contribution in [0.1, 0.15) is 19.8 Å². The van der Waals surface area contributed by atoms with Gasteiger partial charge in [0.25, 0.3) is 0 Å². The van der Waals surface area contributed by atoms with Gasteiger partial charge in [-0.15, -0.1) is 0 Å². The summed E-state index contributed by atoms with van der Waals surface area (Å²) in [6.07, 6.45) is 2.75. The van der Waals surface area contributed by atoms with Crippen molar-refractivity contribution >= 4 is 5.97 Å². The molecule has 0 rings (SSSR count). The fraction of sp³-hybridized carbons (Fsp3) is 0.500. The van der Waals surface area contributed by atoms with Gasteiger partial charge < -0.3 is 10.2 Å². The molecule has 0 aromatic heterocycles. The van der Waals surface area contributed by atoms with Crippen LogP contribution >= 0.6 is 0 Å². The van der Waals surface area contributed by atoms with Gasteiger partial charge in [-0.2, -0.15) is 0 Å². The molecule has 0 heterocycles. The van der Waals surface area contributed by atoms with Crippen LogP contribution in [0.4, 0.5) is 0 Å². The first-order chi connectivity index (χ1) is 4.18. The molecule has 0 aliphatic carbocycles. The van der Waals surface area contributed by atoms with Gasteiger partial charge in [0.05, 0.1) is 0 Å². The highest BCUT2D eigenvalue weighted by atomic mass is 16.4. The molecule has 0 aromatic rings. The second kappa shape index (κ2) is 3.95. The largest absolute Gasteiger partial charge is 0.502 e. The minimum atomic E-state index is -1.26. The van der Waals surface area contributed by atoms with Crippen molar-refractivity contribution in [3.05, 3.63) is 11.8 Å². The van der Waals surface area contributed by atoms with Gasteiger partial charge in [0, 0.05) is 0 Å². The predicted octanol–water partition coefficient (Wildman–Crippen LogP) is 1.31. The molecule has 0 aliphatic heterocycles. The van der Waals surface area contributed by atoms with E-state index in [1.165, 1.54) is 6.08 Å². The van der Waals surface area contributed by atoms with Gasteiger partial charge in [0.1, 0.15) is 0 Å². The summed E-state index contributed by atoms with van der Waals surface area (Å²) in [5.41, 5.74) is 0. The minimum absolute atomic E-state index is 0.558. The molecule has 0 saturated carbocycles. The SMILES string of the molecule is CCCC=C(O)C(=O)O. The van der Waals surface area contributed by atoms with Gasteiger partial charge in [-0.25, -0.2) is 4.79 Å². The molecule has 2 N–H and O–H groups in total. The molecule has 0 atom stereocenters. The van der Waals surface area contributed by atoms with Crippen LogP contribution in [0.15, 0.2) is 11.8 Å². The zero-order valence-electron chi connectivity index (χ0n) is 5.29. The summed E-state index contributed by atoms with van der Waals surface area (Å²) in [5.74, 6) is -1.82. The molecule has 3 nitrogen and oxygen atoms in total. The van der Waals surface area contributed by atoms with E-state index < -0.39 is 11.7 Å². The first-order valence-corrected chi connectivity index (χ1v) is 2.81. The molecule has 9 heavy (non-hydrogen) atoms. The van der Waals surface area contributed by atoms with Gasteiger partial charge in [-0.1, -0.05) is 13.3 Å². The number of carboxylic acid groups (broad SMARTS) is 1. The Morgan fingerprint density at radius 2 is 2.11 bits per heavy atom. The van der Waals surface area contributed by atoms with Crippen LogP contribution in [0.3, 0.4) is 0 Å². The van der Waals surface area contributed by atoms with Crippen molar-refractivity contribution in [3.63, 3.8) is 0 Å². The van der Waals surface area contributed by atoms with Gasteiger partial charge in [0.15, 0.2) is 5.76 Å². The van der Waals surface area contributed by atoms with Crippen LogP contribution in [0.5, 0.6) is 0 Å². The highest BCUT2D eigenvalue weighted by Gasteiger charge is 1.99. The molecule has 0 aliphatic rings. The third-order valence-corrected chi connectivity index (χ3v) is 0.845. The Labute approximate surface area is 53.6 Å². The molecule has 0 radical (unpaired) electrons. The molecule has 52 valence electrons. The number of aliphatic carboxylic acids is 1. The van der Waals surface area contributed by atoms with Crippen molar-refractivity contribution in [3.8, 4) is 0 Å². The fourth-order valence-electron chi connectivity index (χ4n) is 0.368. The zero-order chi connectivity index (χ0) is 7.28. The van der Waals surface area contributed by atoms with Crippen molar-refractivity contribution in [2.45, 2.75) is 19.8 Å². The second-order valence-electron chi connectivity index (χ2n) is 1.68.